The predicted molar refractivity (Wildman–Crippen MR) is 81.9 cm³/mol. The Labute approximate surface area is 126 Å². The molecule has 1 N–H and O–H groups in total. The van der Waals surface area contributed by atoms with Gasteiger partial charge < -0.3 is 14.5 Å². The molecule has 110 valence electrons. The second-order valence-corrected chi connectivity index (χ2v) is 5.32. The minimum absolute atomic E-state index is 0.157. The van der Waals surface area contributed by atoms with Gasteiger partial charge in [-0.2, -0.15) is 0 Å². The van der Waals surface area contributed by atoms with E-state index in [9.17, 15) is 4.79 Å². The van der Waals surface area contributed by atoms with E-state index in [0.717, 1.165) is 16.8 Å². The highest BCUT2D eigenvalue weighted by atomic mass is 16.5. The lowest BCUT2D eigenvalue weighted by atomic mass is 10.1. The number of nitrogens with one attached hydrogen (secondary N) is 1. The van der Waals surface area contributed by atoms with Gasteiger partial charge in [-0.15, -0.1) is 0 Å². The standard InChI is InChI=1S/C17H14N2O3/c1-10-18-13-9-12(6-7-15(13)21-10)19-17(20)16-8-11-4-2-3-5-14(11)22-16/h2-7,9,16H,8H2,1H3,(H,19,20). The molecule has 0 saturated heterocycles. The van der Waals surface area contributed by atoms with Crippen molar-refractivity contribution in [3.8, 4) is 5.75 Å². The molecular weight excluding hydrogens is 280 g/mol. The normalized spacial score (nSPS) is 16.3. The zero-order valence-electron chi connectivity index (χ0n) is 12.0. The Bertz CT molecular complexity index is 844. The van der Waals surface area contributed by atoms with E-state index in [2.05, 4.69) is 10.3 Å². The molecule has 1 unspecified atom stereocenters. The number of rotatable bonds is 2. The van der Waals surface area contributed by atoms with E-state index in [-0.39, 0.29) is 5.91 Å². The van der Waals surface area contributed by atoms with Crippen molar-refractivity contribution in [3.05, 3.63) is 53.9 Å². The van der Waals surface area contributed by atoms with Gasteiger partial charge in [-0.1, -0.05) is 18.2 Å². The number of nitrogens with zero attached hydrogens (tertiary/aromatic N) is 1. The second-order valence-electron chi connectivity index (χ2n) is 5.32. The van der Waals surface area contributed by atoms with Gasteiger partial charge in [-0.05, 0) is 29.8 Å². The Balaban J connectivity index is 1.52. The number of amides is 1. The zero-order chi connectivity index (χ0) is 15.1. The summed E-state index contributed by atoms with van der Waals surface area (Å²) in [5.41, 5.74) is 3.18. The topological polar surface area (TPSA) is 64.4 Å². The molecule has 1 aliphatic rings. The van der Waals surface area contributed by atoms with Crippen LogP contribution in [0, 0.1) is 6.92 Å². The van der Waals surface area contributed by atoms with Gasteiger partial charge in [-0.3, -0.25) is 4.79 Å². The molecule has 5 nitrogen and oxygen atoms in total. The Hall–Kier alpha value is -2.82. The van der Waals surface area contributed by atoms with Gasteiger partial charge in [0.15, 0.2) is 17.6 Å². The summed E-state index contributed by atoms with van der Waals surface area (Å²) < 4.78 is 11.1. The number of hydrogen-bond donors (Lipinski definition) is 1. The van der Waals surface area contributed by atoms with Crippen molar-refractivity contribution >= 4 is 22.7 Å². The number of anilines is 1. The van der Waals surface area contributed by atoms with Crippen LogP contribution in [0.2, 0.25) is 0 Å². The van der Waals surface area contributed by atoms with E-state index in [4.69, 9.17) is 9.15 Å². The van der Waals surface area contributed by atoms with Crippen LogP contribution < -0.4 is 10.1 Å². The number of aromatic nitrogens is 1. The molecule has 0 fully saturated rings. The molecule has 0 spiro atoms. The van der Waals surface area contributed by atoms with Crippen LogP contribution in [0.3, 0.4) is 0 Å². The first kappa shape index (κ1) is 12.9. The molecule has 2 aromatic carbocycles. The van der Waals surface area contributed by atoms with Crippen LogP contribution in [0.1, 0.15) is 11.5 Å². The molecule has 0 radical (unpaired) electrons. The van der Waals surface area contributed by atoms with E-state index in [1.807, 2.05) is 24.3 Å². The number of aryl methyl sites for hydroxylation is 1. The number of ether oxygens (including phenoxy) is 1. The molecule has 5 heteroatoms. The van der Waals surface area contributed by atoms with Crippen molar-refractivity contribution in [2.24, 2.45) is 0 Å². The summed E-state index contributed by atoms with van der Waals surface area (Å²) in [5, 5.41) is 2.87. The van der Waals surface area contributed by atoms with Crippen molar-refractivity contribution in [2.45, 2.75) is 19.4 Å². The average molecular weight is 294 g/mol. The van der Waals surface area contributed by atoms with Crippen LogP contribution in [0.15, 0.2) is 46.9 Å². The fourth-order valence-electron chi connectivity index (χ4n) is 2.67. The molecule has 0 bridgehead atoms. The highest BCUT2D eigenvalue weighted by Crippen LogP contribution is 2.29. The minimum Gasteiger partial charge on any atom is -0.480 e. The quantitative estimate of drug-likeness (QED) is 0.789. The van der Waals surface area contributed by atoms with Gasteiger partial charge >= 0.3 is 0 Å². The number of oxazole rings is 1. The van der Waals surface area contributed by atoms with E-state index in [0.29, 0.717) is 23.6 Å². The Morgan fingerprint density at radius 2 is 2.14 bits per heavy atom. The SMILES string of the molecule is Cc1nc2cc(NC(=O)C3Cc4ccccc4O3)ccc2o1. The summed E-state index contributed by atoms with van der Waals surface area (Å²) in [5.74, 6) is 1.23. The molecule has 0 aliphatic carbocycles. The predicted octanol–water partition coefficient (Wildman–Crippen LogP) is 3.08. The van der Waals surface area contributed by atoms with Crippen LogP contribution in [-0.2, 0) is 11.2 Å². The van der Waals surface area contributed by atoms with Crippen LogP contribution in [0.25, 0.3) is 11.1 Å². The largest absolute Gasteiger partial charge is 0.480 e. The Kier molecular flexibility index (Phi) is 2.85. The highest BCUT2D eigenvalue weighted by molar-refractivity contribution is 5.96. The third-order valence-electron chi connectivity index (χ3n) is 3.70. The van der Waals surface area contributed by atoms with E-state index < -0.39 is 6.10 Å². The maximum atomic E-state index is 12.3. The number of carbonyl (C=O) groups excluding carboxylic acids is 1. The number of para-hydroxylation sites is 1. The van der Waals surface area contributed by atoms with Gasteiger partial charge in [0.05, 0.1) is 0 Å². The molecule has 0 saturated carbocycles. The molecule has 2 heterocycles. The number of benzene rings is 2. The summed E-state index contributed by atoms with van der Waals surface area (Å²) in [4.78, 5) is 16.6. The second kappa shape index (κ2) is 4.87. The van der Waals surface area contributed by atoms with Crippen molar-refractivity contribution in [3.63, 3.8) is 0 Å². The average Bonchev–Trinajstić information content (AvgIpc) is 3.08. The maximum absolute atomic E-state index is 12.3. The van der Waals surface area contributed by atoms with E-state index in [1.54, 1.807) is 25.1 Å². The lowest BCUT2D eigenvalue weighted by Crippen LogP contribution is -2.31. The van der Waals surface area contributed by atoms with Crippen LogP contribution in [0.5, 0.6) is 5.75 Å². The number of carbonyl (C=O) groups is 1. The monoisotopic (exact) mass is 294 g/mol. The number of hydrogen-bond acceptors (Lipinski definition) is 4. The van der Waals surface area contributed by atoms with E-state index >= 15 is 0 Å². The summed E-state index contributed by atoms with van der Waals surface area (Å²) in [6.07, 6.45) is 0.0972. The summed E-state index contributed by atoms with van der Waals surface area (Å²) in [6.45, 7) is 1.79. The minimum atomic E-state index is -0.493. The van der Waals surface area contributed by atoms with Crippen molar-refractivity contribution in [1.29, 1.82) is 0 Å². The molecular formula is C17H14N2O3. The molecule has 1 aliphatic heterocycles. The third kappa shape index (κ3) is 2.20. The molecule has 1 atom stereocenters. The Morgan fingerprint density at radius 1 is 1.27 bits per heavy atom. The first-order chi connectivity index (χ1) is 10.7. The van der Waals surface area contributed by atoms with Gasteiger partial charge in [0.2, 0.25) is 0 Å². The molecule has 1 amide bonds. The smallest absolute Gasteiger partial charge is 0.265 e. The first-order valence-corrected chi connectivity index (χ1v) is 7.12. The van der Waals surface area contributed by atoms with Crippen LogP contribution in [0.4, 0.5) is 5.69 Å². The lowest BCUT2D eigenvalue weighted by molar-refractivity contribution is -0.122. The summed E-state index contributed by atoms with van der Waals surface area (Å²) >= 11 is 0. The van der Waals surface area contributed by atoms with Crippen molar-refractivity contribution in [1.82, 2.24) is 4.98 Å². The number of fused-ring (bicyclic) bond motifs is 2. The first-order valence-electron chi connectivity index (χ1n) is 7.12. The molecule has 22 heavy (non-hydrogen) atoms. The zero-order valence-corrected chi connectivity index (χ0v) is 12.0. The van der Waals surface area contributed by atoms with Crippen molar-refractivity contribution < 1.29 is 13.9 Å². The Morgan fingerprint density at radius 3 is 3.00 bits per heavy atom. The van der Waals surface area contributed by atoms with Gasteiger partial charge in [0.25, 0.3) is 5.91 Å². The highest BCUT2D eigenvalue weighted by Gasteiger charge is 2.28. The fourth-order valence-corrected chi connectivity index (χ4v) is 2.67. The lowest BCUT2D eigenvalue weighted by Gasteiger charge is -2.11. The molecule has 1 aromatic heterocycles. The van der Waals surface area contributed by atoms with Crippen molar-refractivity contribution in [2.75, 3.05) is 5.32 Å². The van der Waals surface area contributed by atoms with Crippen LogP contribution >= 0.6 is 0 Å². The van der Waals surface area contributed by atoms with Crippen LogP contribution in [-0.4, -0.2) is 17.0 Å². The summed E-state index contributed by atoms with van der Waals surface area (Å²) in [6, 6.07) is 13.1. The van der Waals surface area contributed by atoms with E-state index in [1.165, 1.54) is 0 Å². The molecule has 4 rings (SSSR count). The maximum Gasteiger partial charge on any atom is 0.265 e. The van der Waals surface area contributed by atoms with Gasteiger partial charge in [0.1, 0.15) is 11.3 Å². The fraction of sp³-hybridized carbons (Fsp3) is 0.176. The molecule has 3 aromatic rings. The third-order valence-corrected chi connectivity index (χ3v) is 3.70. The summed E-state index contributed by atoms with van der Waals surface area (Å²) in [7, 11) is 0. The van der Waals surface area contributed by atoms with Gasteiger partial charge in [0, 0.05) is 19.0 Å². The van der Waals surface area contributed by atoms with Gasteiger partial charge in [-0.25, -0.2) is 4.98 Å².